The molecule has 13 heteroatoms. The van der Waals surface area contributed by atoms with Gasteiger partial charge >= 0.3 is 0 Å². The molecule has 1 aromatic carbocycles. The lowest BCUT2D eigenvalue weighted by Gasteiger charge is -2.35. The summed E-state index contributed by atoms with van der Waals surface area (Å²) < 4.78 is 75.8. The van der Waals surface area contributed by atoms with E-state index in [2.05, 4.69) is 24.9 Å². The highest BCUT2D eigenvalue weighted by Gasteiger charge is 2.44. The number of halogens is 4. The Morgan fingerprint density at radius 3 is 2.81 bits per heavy atom. The molecule has 0 saturated heterocycles. The van der Waals surface area contributed by atoms with Crippen LogP contribution in [-0.2, 0) is 10.0 Å². The van der Waals surface area contributed by atoms with Gasteiger partial charge in [0.1, 0.15) is 34.7 Å². The average molecular weight is 488 g/mol. The number of nitrogens with zero attached hydrogens (tertiary/aromatic N) is 3. The van der Waals surface area contributed by atoms with E-state index in [0.717, 1.165) is 18.5 Å². The summed E-state index contributed by atoms with van der Waals surface area (Å²) in [5, 5.41) is 6.24. The zero-order valence-corrected chi connectivity index (χ0v) is 17.9. The largest absolute Gasteiger partial charge is 0.488 e. The molecule has 0 bridgehead atoms. The summed E-state index contributed by atoms with van der Waals surface area (Å²) in [6, 6.07) is 2.92. The molecule has 1 aliphatic rings. The molecular formula is C19H17ClF3N5O3S. The van der Waals surface area contributed by atoms with E-state index in [4.69, 9.17) is 16.3 Å². The standard InChI is InChI=1S/C19H17ClF3N5O3S/c20-13-5-17(32(29,30)28-18-2-4-24-10-25-18)14(21)6-15(13)31-16-7-19(22,23)3-1-12(16)11-8-26-27-9-11/h2,4-6,8-10,12,16H,1,3,7H2,(H,26,27)(H,24,25,28). The molecule has 1 saturated carbocycles. The summed E-state index contributed by atoms with van der Waals surface area (Å²) in [6.45, 7) is 0. The first-order valence-electron chi connectivity index (χ1n) is 9.46. The predicted octanol–water partition coefficient (Wildman–Crippen LogP) is 4.14. The highest BCUT2D eigenvalue weighted by molar-refractivity contribution is 7.92. The highest BCUT2D eigenvalue weighted by Crippen LogP contribution is 2.44. The van der Waals surface area contributed by atoms with Gasteiger partial charge in [0.25, 0.3) is 15.9 Å². The first-order valence-corrected chi connectivity index (χ1v) is 11.3. The van der Waals surface area contributed by atoms with Gasteiger partial charge in [-0.3, -0.25) is 9.82 Å². The summed E-state index contributed by atoms with van der Waals surface area (Å²) in [4.78, 5) is 6.65. The zero-order chi connectivity index (χ0) is 22.9. The Morgan fingerprint density at radius 2 is 2.12 bits per heavy atom. The maximum atomic E-state index is 14.8. The third-order valence-corrected chi connectivity index (χ3v) is 6.76. The molecule has 1 aliphatic carbocycles. The Morgan fingerprint density at radius 1 is 1.31 bits per heavy atom. The molecule has 0 spiro atoms. The molecule has 2 N–H and O–H groups in total. The van der Waals surface area contributed by atoms with Gasteiger partial charge in [0.15, 0.2) is 0 Å². The van der Waals surface area contributed by atoms with E-state index >= 15 is 0 Å². The van der Waals surface area contributed by atoms with Gasteiger partial charge in [0.2, 0.25) is 0 Å². The lowest BCUT2D eigenvalue weighted by Crippen LogP contribution is -2.38. The van der Waals surface area contributed by atoms with Gasteiger partial charge in [0, 0.05) is 37.2 Å². The molecule has 8 nitrogen and oxygen atoms in total. The SMILES string of the molecule is O=S(=O)(Nc1ccncn1)c1cc(Cl)c(OC2CC(F)(F)CCC2c2cn[nH]c2)cc1F. The molecule has 1 fully saturated rings. The highest BCUT2D eigenvalue weighted by atomic mass is 35.5. The lowest BCUT2D eigenvalue weighted by atomic mass is 9.81. The fraction of sp³-hybridized carbons (Fsp3) is 0.316. The van der Waals surface area contributed by atoms with E-state index in [1.165, 1.54) is 18.5 Å². The van der Waals surface area contributed by atoms with E-state index in [1.807, 2.05) is 0 Å². The number of rotatable bonds is 6. The maximum absolute atomic E-state index is 14.8. The van der Waals surface area contributed by atoms with Crippen molar-refractivity contribution in [3.05, 3.63) is 59.5 Å². The van der Waals surface area contributed by atoms with Crippen LogP contribution in [0.3, 0.4) is 0 Å². The molecule has 2 heterocycles. The Hall–Kier alpha value is -2.86. The number of benzene rings is 1. The van der Waals surface area contributed by atoms with Gasteiger partial charge in [-0.15, -0.1) is 0 Å². The van der Waals surface area contributed by atoms with Crippen molar-refractivity contribution in [2.24, 2.45) is 0 Å². The van der Waals surface area contributed by atoms with Crippen molar-refractivity contribution in [1.29, 1.82) is 0 Å². The summed E-state index contributed by atoms with van der Waals surface area (Å²) in [7, 11) is -4.37. The summed E-state index contributed by atoms with van der Waals surface area (Å²) in [6.07, 6.45) is 3.72. The van der Waals surface area contributed by atoms with Crippen LogP contribution >= 0.6 is 11.6 Å². The molecule has 3 aromatic rings. The monoisotopic (exact) mass is 487 g/mol. The maximum Gasteiger partial charge on any atom is 0.266 e. The Labute approximate surface area is 186 Å². The number of hydrogen-bond acceptors (Lipinski definition) is 6. The van der Waals surface area contributed by atoms with Gasteiger partial charge in [-0.05, 0) is 24.1 Å². The molecule has 0 aliphatic heterocycles. The number of hydrogen-bond donors (Lipinski definition) is 2. The number of alkyl halides is 2. The van der Waals surface area contributed by atoms with Crippen LogP contribution in [-0.4, -0.2) is 40.6 Å². The molecule has 32 heavy (non-hydrogen) atoms. The van der Waals surface area contributed by atoms with Crippen LogP contribution in [0.5, 0.6) is 5.75 Å². The molecule has 4 rings (SSSR count). The summed E-state index contributed by atoms with van der Waals surface area (Å²) in [5.74, 6) is -4.84. The fourth-order valence-corrected chi connectivity index (χ4v) is 4.94. The van der Waals surface area contributed by atoms with Gasteiger partial charge in [0.05, 0.1) is 11.2 Å². The van der Waals surface area contributed by atoms with Crippen molar-refractivity contribution in [2.75, 3.05) is 4.72 Å². The minimum atomic E-state index is -4.37. The van der Waals surface area contributed by atoms with Crippen molar-refractivity contribution < 1.29 is 26.3 Å². The second-order valence-corrected chi connectivity index (χ2v) is 9.36. The quantitative estimate of drug-likeness (QED) is 0.540. The molecule has 0 radical (unpaired) electrons. The van der Waals surface area contributed by atoms with Gasteiger partial charge < -0.3 is 4.74 Å². The minimum absolute atomic E-state index is 0.0664. The second-order valence-electron chi connectivity index (χ2n) is 7.31. The van der Waals surface area contributed by atoms with Crippen LogP contribution in [0.4, 0.5) is 19.0 Å². The number of nitrogens with one attached hydrogen (secondary N) is 2. The number of H-pyrrole nitrogens is 1. The first-order chi connectivity index (χ1) is 15.1. The van der Waals surface area contributed by atoms with Gasteiger partial charge in [-0.1, -0.05) is 11.6 Å². The third-order valence-electron chi connectivity index (χ3n) is 5.09. The van der Waals surface area contributed by atoms with E-state index in [9.17, 15) is 21.6 Å². The number of sulfonamides is 1. The molecule has 170 valence electrons. The molecule has 0 amide bonds. The lowest BCUT2D eigenvalue weighted by molar-refractivity contribution is -0.0772. The normalized spacial score (nSPS) is 20.6. The zero-order valence-electron chi connectivity index (χ0n) is 16.3. The Bertz CT molecular complexity index is 1200. The van der Waals surface area contributed by atoms with Crippen LogP contribution in [0.2, 0.25) is 5.02 Å². The van der Waals surface area contributed by atoms with Crippen molar-refractivity contribution in [1.82, 2.24) is 20.2 Å². The van der Waals surface area contributed by atoms with Crippen molar-refractivity contribution in [3.63, 3.8) is 0 Å². The Kier molecular flexibility index (Phi) is 5.99. The van der Waals surface area contributed by atoms with Gasteiger partial charge in [-0.25, -0.2) is 31.6 Å². The summed E-state index contributed by atoms with van der Waals surface area (Å²) in [5.41, 5.74) is 0.676. The van der Waals surface area contributed by atoms with E-state index in [-0.39, 0.29) is 29.4 Å². The topological polar surface area (TPSA) is 110 Å². The van der Waals surface area contributed by atoms with Crippen molar-refractivity contribution >= 4 is 27.4 Å². The second kappa shape index (κ2) is 8.58. The van der Waals surface area contributed by atoms with Crippen LogP contribution in [0.15, 0.2) is 48.0 Å². The van der Waals surface area contributed by atoms with Crippen molar-refractivity contribution in [2.45, 2.75) is 42.1 Å². The fourth-order valence-electron chi connectivity index (χ4n) is 3.57. The predicted molar refractivity (Wildman–Crippen MR) is 109 cm³/mol. The van der Waals surface area contributed by atoms with Crippen LogP contribution in [0.25, 0.3) is 0 Å². The van der Waals surface area contributed by atoms with Crippen LogP contribution in [0.1, 0.15) is 30.7 Å². The smallest absolute Gasteiger partial charge is 0.266 e. The van der Waals surface area contributed by atoms with Crippen LogP contribution in [0, 0.1) is 5.82 Å². The number of ether oxygens (including phenoxy) is 1. The van der Waals surface area contributed by atoms with E-state index in [0.29, 0.717) is 5.56 Å². The minimum Gasteiger partial charge on any atom is -0.488 e. The van der Waals surface area contributed by atoms with Crippen LogP contribution < -0.4 is 9.46 Å². The summed E-state index contributed by atoms with van der Waals surface area (Å²) >= 11 is 6.16. The number of aromatic amines is 1. The molecular weight excluding hydrogens is 471 g/mol. The van der Waals surface area contributed by atoms with Crippen molar-refractivity contribution in [3.8, 4) is 5.75 Å². The number of anilines is 1. The van der Waals surface area contributed by atoms with Gasteiger partial charge in [-0.2, -0.15) is 5.10 Å². The first kappa shape index (κ1) is 22.3. The molecule has 2 atom stereocenters. The van der Waals surface area contributed by atoms with E-state index < -0.39 is 45.1 Å². The average Bonchev–Trinajstić information content (AvgIpc) is 3.25. The molecule has 2 aromatic heterocycles. The Balaban J connectivity index is 1.61. The molecule has 2 unspecified atom stereocenters. The third kappa shape index (κ3) is 4.80. The van der Waals surface area contributed by atoms with E-state index in [1.54, 1.807) is 6.20 Å². The number of aromatic nitrogens is 4.